The van der Waals surface area contributed by atoms with Crippen LogP contribution in [0.2, 0.25) is 0 Å². The summed E-state index contributed by atoms with van der Waals surface area (Å²) in [4.78, 5) is 11.0. The van der Waals surface area contributed by atoms with E-state index in [9.17, 15) is 0 Å². The zero-order valence-corrected chi connectivity index (χ0v) is 12.3. The monoisotopic (exact) mass is 250 g/mol. The van der Waals surface area contributed by atoms with Gasteiger partial charge in [-0.05, 0) is 12.8 Å². The van der Waals surface area contributed by atoms with E-state index in [1.807, 2.05) is 0 Å². The molecule has 102 valence electrons. The number of hydrogen-bond donors (Lipinski definition) is 1. The molecular formula is C14H26N4. The smallest absolute Gasteiger partial charge is 0.132 e. The Morgan fingerprint density at radius 2 is 1.94 bits per heavy atom. The van der Waals surface area contributed by atoms with Crippen LogP contribution in [0.15, 0.2) is 12.4 Å². The van der Waals surface area contributed by atoms with E-state index in [-0.39, 0.29) is 0 Å². The minimum Gasteiger partial charge on any atom is -0.356 e. The zero-order chi connectivity index (χ0) is 13.5. The highest BCUT2D eigenvalue weighted by atomic mass is 15.2. The van der Waals surface area contributed by atoms with Crippen LogP contribution in [0.4, 0.5) is 5.82 Å². The number of likely N-dealkylation sites (N-methyl/N-ethyl adjacent to an activating group) is 1. The molecular weight excluding hydrogens is 224 g/mol. The second kappa shape index (κ2) is 7.31. The van der Waals surface area contributed by atoms with Crippen LogP contribution in [0.3, 0.4) is 0 Å². The summed E-state index contributed by atoms with van der Waals surface area (Å²) in [6.45, 7) is 13.7. The molecule has 1 N–H and O–H groups in total. The van der Waals surface area contributed by atoms with Crippen molar-refractivity contribution in [1.29, 1.82) is 0 Å². The van der Waals surface area contributed by atoms with Gasteiger partial charge < -0.3 is 10.2 Å². The van der Waals surface area contributed by atoms with Gasteiger partial charge in [-0.2, -0.15) is 0 Å². The van der Waals surface area contributed by atoms with E-state index in [2.05, 4.69) is 60.9 Å². The van der Waals surface area contributed by atoms with Crippen molar-refractivity contribution in [3.63, 3.8) is 0 Å². The fourth-order valence-electron chi connectivity index (χ4n) is 1.77. The average Bonchev–Trinajstić information content (AvgIpc) is 2.34. The third-order valence-corrected chi connectivity index (χ3v) is 2.91. The van der Waals surface area contributed by atoms with Crippen molar-refractivity contribution in [2.45, 2.75) is 46.6 Å². The predicted molar refractivity (Wildman–Crippen MR) is 77.1 cm³/mol. The van der Waals surface area contributed by atoms with Gasteiger partial charge in [0.15, 0.2) is 0 Å². The van der Waals surface area contributed by atoms with Crippen LogP contribution in [0.5, 0.6) is 0 Å². The van der Waals surface area contributed by atoms with Crippen molar-refractivity contribution in [2.24, 2.45) is 0 Å². The standard InChI is InChI=1S/C14H26N4/c1-6-18(8-7-15-12(4)5)14-9-13(11(2)3)16-10-17-14/h9-12,15H,6-8H2,1-5H3. The summed E-state index contributed by atoms with van der Waals surface area (Å²) in [6.07, 6.45) is 1.67. The van der Waals surface area contributed by atoms with Gasteiger partial charge >= 0.3 is 0 Å². The molecule has 0 aliphatic carbocycles. The van der Waals surface area contributed by atoms with Crippen molar-refractivity contribution in [2.75, 3.05) is 24.5 Å². The molecule has 1 heterocycles. The first-order chi connectivity index (χ1) is 8.54. The summed E-state index contributed by atoms with van der Waals surface area (Å²) in [5.41, 5.74) is 1.11. The summed E-state index contributed by atoms with van der Waals surface area (Å²) >= 11 is 0. The van der Waals surface area contributed by atoms with Crippen LogP contribution in [-0.4, -0.2) is 35.6 Å². The molecule has 0 unspecified atom stereocenters. The van der Waals surface area contributed by atoms with Crippen LogP contribution in [0.1, 0.15) is 46.2 Å². The van der Waals surface area contributed by atoms with Gasteiger partial charge in [-0.3, -0.25) is 0 Å². The maximum absolute atomic E-state index is 4.38. The number of nitrogens with one attached hydrogen (secondary N) is 1. The van der Waals surface area contributed by atoms with Gasteiger partial charge in [0.2, 0.25) is 0 Å². The van der Waals surface area contributed by atoms with E-state index in [4.69, 9.17) is 0 Å². The fraction of sp³-hybridized carbons (Fsp3) is 0.714. The highest BCUT2D eigenvalue weighted by Crippen LogP contribution is 2.16. The van der Waals surface area contributed by atoms with Gasteiger partial charge in [0.1, 0.15) is 12.1 Å². The first-order valence-corrected chi connectivity index (χ1v) is 6.84. The Labute approximate surface area is 111 Å². The van der Waals surface area contributed by atoms with Gasteiger partial charge in [0, 0.05) is 37.4 Å². The molecule has 0 fully saturated rings. The van der Waals surface area contributed by atoms with E-state index < -0.39 is 0 Å². The summed E-state index contributed by atoms with van der Waals surface area (Å²) in [5, 5.41) is 3.43. The van der Waals surface area contributed by atoms with Gasteiger partial charge in [0.25, 0.3) is 0 Å². The first kappa shape index (κ1) is 14.9. The van der Waals surface area contributed by atoms with Crippen molar-refractivity contribution >= 4 is 5.82 Å². The third kappa shape index (κ3) is 4.61. The van der Waals surface area contributed by atoms with Gasteiger partial charge in [-0.15, -0.1) is 0 Å². The number of nitrogens with zero attached hydrogens (tertiary/aromatic N) is 3. The number of rotatable bonds is 7. The third-order valence-electron chi connectivity index (χ3n) is 2.91. The molecule has 0 aliphatic rings. The lowest BCUT2D eigenvalue weighted by Gasteiger charge is -2.23. The highest BCUT2D eigenvalue weighted by molar-refractivity contribution is 5.39. The van der Waals surface area contributed by atoms with Crippen molar-refractivity contribution < 1.29 is 0 Å². The molecule has 0 bridgehead atoms. The van der Waals surface area contributed by atoms with Crippen molar-refractivity contribution in [1.82, 2.24) is 15.3 Å². The largest absolute Gasteiger partial charge is 0.356 e. The number of aromatic nitrogens is 2. The fourth-order valence-corrected chi connectivity index (χ4v) is 1.77. The normalized spacial score (nSPS) is 11.3. The molecule has 18 heavy (non-hydrogen) atoms. The Balaban J connectivity index is 2.66. The Hall–Kier alpha value is -1.16. The Morgan fingerprint density at radius 1 is 1.22 bits per heavy atom. The first-order valence-electron chi connectivity index (χ1n) is 6.84. The molecule has 0 spiro atoms. The van der Waals surface area contributed by atoms with Crippen LogP contribution >= 0.6 is 0 Å². The maximum atomic E-state index is 4.38. The van der Waals surface area contributed by atoms with Crippen LogP contribution in [0, 0.1) is 0 Å². The minimum atomic E-state index is 0.444. The zero-order valence-electron chi connectivity index (χ0n) is 12.3. The van der Waals surface area contributed by atoms with E-state index in [1.54, 1.807) is 6.33 Å². The van der Waals surface area contributed by atoms with Gasteiger partial charge in [-0.1, -0.05) is 27.7 Å². The molecule has 0 amide bonds. The van der Waals surface area contributed by atoms with E-state index in [0.717, 1.165) is 31.1 Å². The summed E-state index contributed by atoms with van der Waals surface area (Å²) < 4.78 is 0. The Kier molecular flexibility index (Phi) is 6.05. The van der Waals surface area contributed by atoms with Crippen LogP contribution in [0.25, 0.3) is 0 Å². The topological polar surface area (TPSA) is 41.0 Å². The lowest BCUT2D eigenvalue weighted by atomic mass is 10.1. The van der Waals surface area contributed by atoms with Crippen molar-refractivity contribution in [3.05, 3.63) is 18.1 Å². The molecule has 0 radical (unpaired) electrons. The molecule has 4 nitrogen and oxygen atoms in total. The summed E-state index contributed by atoms with van der Waals surface area (Å²) in [5.74, 6) is 1.47. The molecule has 1 aromatic heterocycles. The quantitative estimate of drug-likeness (QED) is 0.807. The molecule has 1 aromatic rings. The molecule has 1 rings (SSSR count). The lowest BCUT2D eigenvalue weighted by molar-refractivity contribution is 0.582. The van der Waals surface area contributed by atoms with Gasteiger partial charge in [-0.25, -0.2) is 9.97 Å². The van der Waals surface area contributed by atoms with E-state index in [0.29, 0.717) is 12.0 Å². The van der Waals surface area contributed by atoms with E-state index in [1.165, 1.54) is 0 Å². The Bertz CT molecular complexity index is 349. The van der Waals surface area contributed by atoms with E-state index >= 15 is 0 Å². The van der Waals surface area contributed by atoms with Crippen molar-refractivity contribution in [3.8, 4) is 0 Å². The lowest BCUT2D eigenvalue weighted by Crippen LogP contribution is -2.35. The number of hydrogen-bond acceptors (Lipinski definition) is 4. The molecule has 4 heteroatoms. The summed E-state index contributed by atoms with van der Waals surface area (Å²) in [7, 11) is 0. The van der Waals surface area contributed by atoms with Gasteiger partial charge in [0.05, 0.1) is 0 Å². The number of anilines is 1. The Morgan fingerprint density at radius 3 is 2.50 bits per heavy atom. The molecule has 0 atom stereocenters. The highest BCUT2D eigenvalue weighted by Gasteiger charge is 2.08. The minimum absolute atomic E-state index is 0.444. The SMILES string of the molecule is CCN(CCNC(C)C)c1cc(C(C)C)ncn1. The second-order valence-corrected chi connectivity index (χ2v) is 5.14. The molecule has 0 saturated heterocycles. The molecule has 0 aromatic carbocycles. The average molecular weight is 250 g/mol. The van der Waals surface area contributed by atoms with Crippen LogP contribution in [-0.2, 0) is 0 Å². The second-order valence-electron chi connectivity index (χ2n) is 5.14. The van der Waals surface area contributed by atoms with Crippen LogP contribution < -0.4 is 10.2 Å². The molecule has 0 aliphatic heterocycles. The maximum Gasteiger partial charge on any atom is 0.132 e. The summed E-state index contributed by atoms with van der Waals surface area (Å²) in [6, 6.07) is 2.63. The molecule has 0 saturated carbocycles. The predicted octanol–water partition coefficient (Wildman–Crippen LogP) is 2.42.